The Morgan fingerprint density at radius 1 is 1.00 bits per heavy atom. The Labute approximate surface area is 164 Å². The first kappa shape index (κ1) is 18.4. The van der Waals surface area contributed by atoms with Gasteiger partial charge in [-0.3, -0.25) is 9.10 Å². The first-order chi connectivity index (χ1) is 13.4. The lowest BCUT2D eigenvalue weighted by molar-refractivity contribution is -0.120. The van der Waals surface area contributed by atoms with E-state index in [1.807, 2.05) is 42.1 Å². The number of nitrogens with zero attached hydrogens (tertiary/aromatic N) is 3. The van der Waals surface area contributed by atoms with Crippen LogP contribution in [-0.2, 0) is 28.5 Å². The average Bonchev–Trinajstić information content (AvgIpc) is 3.09. The van der Waals surface area contributed by atoms with Gasteiger partial charge in [0.05, 0.1) is 24.3 Å². The lowest BCUT2D eigenvalue weighted by atomic mass is 10.1. The topological polar surface area (TPSA) is 74.7 Å². The zero-order valence-electron chi connectivity index (χ0n) is 15.8. The van der Waals surface area contributed by atoms with Crippen molar-refractivity contribution >= 4 is 38.4 Å². The van der Waals surface area contributed by atoms with E-state index in [0.717, 1.165) is 16.5 Å². The normalized spacial score (nSPS) is 15.1. The molecule has 0 atom stereocenters. The summed E-state index contributed by atoms with van der Waals surface area (Å²) in [5.41, 5.74) is 3.31. The van der Waals surface area contributed by atoms with Gasteiger partial charge in [0.25, 0.3) is 0 Å². The molecule has 1 aliphatic rings. The van der Waals surface area contributed by atoms with E-state index < -0.39 is 10.2 Å². The molecule has 0 saturated heterocycles. The third kappa shape index (κ3) is 2.99. The van der Waals surface area contributed by atoms with Gasteiger partial charge < -0.3 is 9.88 Å². The lowest BCUT2D eigenvalue weighted by Gasteiger charge is -2.19. The Morgan fingerprint density at radius 3 is 2.46 bits per heavy atom. The highest BCUT2D eigenvalue weighted by atomic mass is 32.2. The second-order valence-corrected chi connectivity index (χ2v) is 8.73. The highest BCUT2D eigenvalue weighted by molar-refractivity contribution is 7.94. The number of anilines is 2. The number of amides is 1. The number of hydrogen-bond acceptors (Lipinski definition) is 3. The molecule has 0 saturated carbocycles. The minimum atomic E-state index is -3.60. The van der Waals surface area contributed by atoms with Gasteiger partial charge in [0.2, 0.25) is 5.91 Å². The molecule has 0 spiro atoms. The third-order valence-corrected chi connectivity index (χ3v) is 6.91. The van der Waals surface area contributed by atoms with Gasteiger partial charge >= 0.3 is 10.2 Å². The molecule has 4 rings (SSSR count). The van der Waals surface area contributed by atoms with Crippen molar-refractivity contribution in [2.45, 2.75) is 6.42 Å². The molecule has 7 nitrogen and oxygen atoms in total. The average molecular weight is 398 g/mol. The van der Waals surface area contributed by atoms with Crippen molar-refractivity contribution in [2.75, 3.05) is 28.7 Å². The predicted molar refractivity (Wildman–Crippen MR) is 111 cm³/mol. The fourth-order valence-electron chi connectivity index (χ4n) is 3.67. The number of aromatic nitrogens is 1. The molecule has 1 N–H and O–H groups in total. The summed E-state index contributed by atoms with van der Waals surface area (Å²) in [6, 6.07) is 15.1. The highest BCUT2D eigenvalue weighted by Crippen LogP contribution is 2.38. The van der Waals surface area contributed by atoms with Crippen LogP contribution in [0.3, 0.4) is 0 Å². The smallest absolute Gasteiger partial charge is 0.326 e. The highest BCUT2D eigenvalue weighted by Gasteiger charge is 2.37. The zero-order chi connectivity index (χ0) is 19.9. The molecule has 0 unspecified atom stereocenters. The van der Waals surface area contributed by atoms with Gasteiger partial charge in [-0.25, -0.2) is 4.31 Å². The van der Waals surface area contributed by atoms with Gasteiger partial charge in [0, 0.05) is 37.7 Å². The van der Waals surface area contributed by atoms with Crippen LogP contribution in [0.1, 0.15) is 5.56 Å². The van der Waals surface area contributed by atoms with Gasteiger partial charge in [0.1, 0.15) is 0 Å². The Morgan fingerprint density at radius 2 is 1.68 bits per heavy atom. The van der Waals surface area contributed by atoms with Crippen molar-refractivity contribution in [3.63, 3.8) is 0 Å². The number of aryl methyl sites for hydroxylation is 1. The summed E-state index contributed by atoms with van der Waals surface area (Å²) in [6.45, 7) is 0.427. The van der Waals surface area contributed by atoms with Crippen LogP contribution in [0.2, 0.25) is 0 Å². The van der Waals surface area contributed by atoms with Crippen LogP contribution >= 0.6 is 0 Å². The summed E-state index contributed by atoms with van der Waals surface area (Å²) < 4.78 is 29.8. The van der Waals surface area contributed by atoms with Gasteiger partial charge in [-0.15, -0.1) is 0 Å². The molecule has 2 aromatic carbocycles. The minimum Gasteiger partial charge on any atom is -0.354 e. The lowest BCUT2D eigenvalue weighted by Crippen LogP contribution is -2.41. The fraction of sp³-hybridized carbons (Fsp3) is 0.250. The predicted octanol–water partition coefficient (Wildman–Crippen LogP) is 2.04. The van der Waals surface area contributed by atoms with E-state index in [1.165, 1.54) is 15.7 Å². The van der Waals surface area contributed by atoms with Crippen molar-refractivity contribution in [3.8, 4) is 0 Å². The number of para-hydroxylation sites is 3. The summed E-state index contributed by atoms with van der Waals surface area (Å²) in [4.78, 5) is 12.4. The van der Waals surface area contributed by atoms with Crippen molar-refractivity contribution in [1.82, 2.24) is 9.88 Å². The molecule has 0 aliphatic carbocycles. The minimum absolute atomic E-state index is 0.130. The number of carbonyl (C=O) groups is 1. The van der Waals surface area contributed by atoms with Crippen molar-refractivity contribution in [2.24, 2.45) is 7.05 Å². The third-order valence-electron chi connectivity index (χ3n) is 5.08. The SMILES string of the molecule is CN1c2ccccc2N(CCNC(=O)Cc2cn(C)c3ccccc23)S1(=O)=O. The van der Waals surface area contributed by atoms with Crippen LogP contribution < -0.4 is 13.9 Å². The van der Waals surface area contributed by atoms with Crippen LogP contribution in [0.4, 0.5) is 11.4 Å². The standard InChI is InChI=1S/C20H22N4O3S/c1-22-14-15(16-7-3-4-8-17(16)22)13-20(25)21-11-12-24-19-10-6-5-9-18(19)23(2)28(24,26)27/h3-10,14H,11-13H2,1-2H3,(H,21,25). The first-order valence-corrected chi connectivity index (χ1v) is 10.4. The van der Waals surface area contributed by atoms with Gasteiger partial charge in [0.15, 0.2) is 0 Å². The van der Waals surface area contributed by atoms with E-state index in [1.54, 1.807) is 24.3 Å². The Kier molecular flexibility index (Phi) is 4.50. The van der Waals surface area contributed by atoms with Crippen LogP contribution in [0.15, 0.2) is 54.7 Å². The van der Waals surface area contributed by atoms with E-state index >= 15 is 0 Å². The second kappa shape index (κ2) is 6.87. The Balaban J connectivity index is 1.42. The van der Waals surface area contributed by atoms with Crippen LogP contribution in [-0.4, -0.2) is 39.0 Å². The second-order valence-electron chi connectivity index (χ2n) is 6.85. The molecule has 0 radical (unpaired) electrons. The largest absolute Gasteiger partial charge is 0.354 e. The van der Waals surface area contributed by atoms with E-state index in [0.29, 0.717) is 11.4 Å². The van der Waals surface area contributed by atoms with Gasteiger partial charge in [-0.1, -0.05) is 30.3 Å². The van der Waals surface area contributed by atoms with Crippen molar-refractivity contribution in [3.05, 3.63) is 60.3 Å². The summed E-state index contributed by atoms with van der Waals surface area (Å²) >= 11 is 0. The number of carbonyl (C=O) groups excluding carboxylic acids is 1. The van der Waals surface area contributed by atoms with Gasteiger partial charge in [-0.2, -0.15) is 8.42 Å². The molecule has 2 heterocycles. The maximum Gasteiger partial charge on any atom is 0.326 e. The van der Waals surface area contributed by atoms with Crippen molar-refractivity contribution in [1.29, 1.82) is 0 Å². The molecule has 3 aromatic rings. The van der Waals surface area contributed by atoms with E-state index in [2.05, 4.69) is 5.32 Å². The summed E-state index contributed by atoms with van der Waals surface area (Å²) in [5, 5.41) is 3.90. The molecule has 8 heteroatoms. The van der Waals surface area contributed by atoms with Crippen molar-refractivity contribution < 1.29 is 13.2 Å². The van der Waals surface area contributed by atoms with E-state index in [9.17, 15) is 13.2 Å². The maximum absolute atomic E-state index is 12.6. The van der Waals surface area contributed by atoms with Crippen LogP contribution in [0.5, 0.6) is 0 Å². The molecular formula is C20H22N4O3S. The summed E-state index contributed by atoms with van der Waals surface area (Å²) in [6.07, 6.45) is 2.21. The molecule has 1 amide bonds. The number of nitrogens with one attached hydrogen (secondary N) is 1. The number of fused-ring (bicyclic) bond motifs is 2. The summed E-state index contributed by atoms with van der Waals surface area (Å²) in [7, 11) is -0.106. The van der Waals surface area contributed by atoms with E-state index in [4.69, 9.17) is 0 Å². The molecule has 0 bridgehead atoms. The molecule has 0 fully saturated rings. The molecule has 146 valence electrons. The number of benzene rings is 2. The first-order valence-electron chi connectivity index (χ1n) is 9.05. The Hall–Kier alpha value is -3.00. The molecule has 1 aliphatic heterocycles. The quantitative estimate of drug-likeness (QED) is 0.715. The fourth-order valence-corrected chi connectivity index (χ4v) is 5.10. The monoisotopic (exact) mass is 398 g/mol. The molecular weight excluding hydrogens is 376 g/mol. The van der Waals surface area contributed by atoms with E-state index in [-0.39, 0.29) is 25.4 Å². The number of hydrogen-bond donors (Lipinski definition) is 1. The molecule has 28 heavy (non-hydrogen) atoms. The Bertz CT molecular complexity index is 1150. The number of rotatable bonds is 5. The zero-order valence-corrected chi connectivity index (χ0v) is 16.6. The van der Waals surface area contributed by atoms with Gasteiger partial charge in [-0.05, 0) is 23.8 Å². The summed E-state index contributed by atoms with van der Waals surface area (Å²) in [5.74, 6) is -0.130. The molecule has 1 aromatic heterocycles. The maximum atomic E-state index is 12.6. The van der Waals surface area contributed by atoms with Crippen LogP contribution in [0.25, 0.3) is 10.9 Å². The van der Waals surface area contributed by atoms with Crippen LogP contribution in [0, 0.1) is 0 Å².